The van der Waals surface area contributed by atoms with Gasteiger partial charge in [-0.3, -0.25) is 19.1 Å². The van der Waals surface area contributed by atoms with E-state index in [9.17, 15) is 9.59 Å². The molecule has 1 saturated heterocycles. The highest BCUT2D eigenvalue weighted by Crippen LogP contribution is 2.25. The summed E-state index contributed by atoms with van der Waals surface area (Å²) in [4.78, 5) is 33.0. The molecule has 28 heavy (non-hydrogen) atoms. The van der Waals surface area contributed by atoms with Gasteiger partial charge < -0.3 is 4.90 Å². The van der Waals surface area contributed by atoms with Crippen molar-refractivity contribution in [3.05, 3.63) is 40.4 Å². The van der Waals surface area contributed by atoms with Crippen LogP contribution < -0.4 is 5.56 Å². The van der Waals surface area contributed by atoms with Crippen LogP contribution in [0.1, 0.15) is 38.6 Å². The van der Waals surface area contributed by atoms with Crippen LogP contribution in [-0.4, -0.2) is 56.3 Å². The monoisotopic (exact) mass is 424 g/mol. The number of amides is 1. The van der Waals surface area contributed by atoms with Gasteiger partial charge in [-0.2, -0.15) is 0 Å². The Morgan fingerprint density at radius 1 is 1.14 bits per heavy atom. The standard InChI is InChI=1S/C20H26Cl2N4O2/c1-3-9-26-18(23-15-8-6-5-7-14(15)19(26)27)16(4-2)24-10-12-25(13-11-24)20(28)17(21)22/h5-8,16-17H,3-4,9-13H2,1-2H3. The topological polar surface area (TPSA) is 58.4 Å². The van der Waals surface area contributed by atoms with Crippen LogP contribution in [0.2, 0.25) is 0 Å². The van der Waals surface area contributed by atoms with Crippen molar-refractivity contribution in [3.8, 4) is 0 Å². The van der Waals surface area contributed by atoms with Crippen LogP contribution in [0, 0.1) is 0 Å². The van der Waals surface area contributed by atoms with Crippen molar-refractivity contribution in [2.75, 3.05) is 26.2 Å². The Hall–Kier alpha value is -1.63. The number of hydrogen-bond donors (Lipinski definition) is 0. The molecule has 152 valence electrons. The van der Waals surface area contributed by atoms with E-state index in [4.69, 9.17) is 28.2 Å². The fourth-order valence-electron chi connectivity index (χ4n) is 3.88. The predicted molar refractivity (Wildman–Crippen MR) is 113 cm³/mol. The molecule has 2 aromatic rings. The Labute approximate surface area is 175 Å². The number of alkyl halides is 2. The number of carbonyl (C=O) groups is 1. The average Bonchev–Trinajstić information content (AvgIpc) is 2.71. The van der Waals surface area contributed by atoms with Crippen LogP contribution in [0.25, 0.3) is 10.9 Å². The summed E-state index contributed by atoms with van der Waals surface area (Å²) >= 11 is 11.4. The Bertz CT molecular complexity index is 891. The maximum absolute atomic E-state index is 13.1. The van der Waals surface area contributed by atoms with Crippen molar-refractivity contribution in [3.63, 3.8) is 0 Å². The summed E-state index contributed by atoms with van der Waals surface area (Å²) in [7, 11) is 0. The number of carbonyl (C=O) groups excluding carboxylic acids is 1. The molecule has 1 aromatic carbocycles. The van der Waals surface area contributed by atoms with Gasteiger partial charge in [-0.15, -0.1) is 0 Å². The number of fused-ring (bicyclic) bond motifs is 1. The van der Waals surface area contributed by atoms with Crippen LogP contribution in [0.5, 0.6) is 0 Å². The summed E-state index contributed by atoms with van der Waals surface area (Å²) in [6, 6.07) is 7.52. The Balaban J connectivity index is 1.92. The Kier molecular flexibility index (Phi) is 6.96. The lowest BCUT2D eigenvalue weighted by Gasteiger charge is -2.39. The minimum Gasteiger partial charge on any atom is -0.338 e. The van der Waals surface area contributed by atoms with Crippen molar-refractivity contribution < 1.29 is 4.79 Å². The van der Waals surface area contributed by atoms with E-state index in [1.807, 2.05) is 28.8 Å². The maximum atomic E-state index is 13.1. The number of para-hydroxylation sites is 1. The Morgan fingerprint density at radius 2 is 1.82 bits per heavy atom. The summed E-state index contributed by atoms with van der Waals surface area (Å²) in [6.45, 7) is 7.33. The normalized spacial score (nSPS) is 16.7. The number of nitrogens with zero attached hydrogens (tertiary/aromatic N) is 4. The van der Waals surface area contributed by atoms with Gasteiger partial charge >= 0.3 is 0 Å². The molecule has 1 aliphatic heterocycles. The van der Waals surface area contributed by atoms with Crippen molar-refractivity contribution in [2.45, 2.75) is 44.1 Å². The van der Waals surface area contributed by atoms with Crippen molar-refractivity contribution >= 4 is 40.0 Å². The first-order valence-electron chi connectivity index (χ1n) is 9.78. The lowest BCUT2D eigenvalue weighted by atomic mass is 10.1. The van der Waals surface area contributed by atoms with Gasteiger partial charge in [0.1, 0.15) is 5.82 Å². The number of rotatable bonds is 6. The molecule has 6 nitrogen and oxygen atoms in total. The van der Waals surface area contributed by atoms with Gasteiger partial charge in [-0.25, -0.2) is 4.98 Å². The van der Waals surface area contributed by atoms with Crippen LogP contribution in [0.15, 0.2) is 29.1 Å². The average molecular weight is 425 g/mol. The van der Waals surface area contributed by atoms with Gasteiger partial charge in [0.2, 0.25) is 0 Å². The fraction of sp³-hybridized carbons (Fsp3) is 0.550. The molecule has 1 aliphatic rings. The van der Waals surface area contributed by atoms with E-state index in [1.54, 1.807) is 4.90 Å². The second-order valence-corrected chi connectivity index (χ2v) is 8.13. The van der Waals surface area contributed by atoms with E-state index in [1.165, 1.54) is 0 Å². The molecule has 0 N–H and O–H groups in total. The third-order valence-corrected chi connectivity index (χ3v) is 5.65. The molecule has 0 radical (unpaired) electrons. The molecular formula is C20H26Cl2N4O2. The molecule has 0 spiro atoms. The number of benzene rings is 1. The lowest BCUT2D eigenvalue weighted by Crippen LogP contribution is -2.51. The molecule has 1 atom stereocenters. The predicted octanol–water partition coefficient (Wildman–Crippen LogP) is 3.21. The summed E-state index contributed by atoms with van der Waals surface area (Å²) in [5, 5.41) is 0.653. The van der Waals surface area contributed by atoms with Gasteiger partial charge in [0.05, 0.1) is 16.9 Å². The molecule has 3 rings (SSSR count). The van der Waals surface area contributed by atoms with Gasteiger partial charge in [0.15, 0.2) is 4.84 Å². The Morgan fingerprint density at radius 3 is 2.43 bits per heavy atom. The molecule has 1 amide bonds. The maximum Gasteiger partial charge on any atom is 0.261 e. The summed E-state index contributed by atoms with van der Waals surface area (Å²) in [6.07, 6.45) is 1.69. The largest absolute Gasteiger partial charge is 0.338 e. The quantitative estimate of drug-likeness (QED) is 0.667. The van der Waals surface area contributed by atoms with Gasteiger partial charge in [-0.1, -0.05) is 49.2 Å². The van der Waals surface area contributed by atoms with Gasteiger partial charge in [0.25, 0.3) is 11.5 Å². The first-order valence-corrected chi connectivity index (χ1v) is 10.7. The highest BCUT2D eigenvalue weighted by atomic mass is 35.5. The molecule has 1 unspecified atom stereocenters. The summed E-state index contributed by atoms with van der Waals surface area (Å²) < 4.78 is 1.82. The number of halogens is 2. The van der Waals surface area contributed by atoms with E-state index in [2.05, 4.69) is 18.7 Å². The number of hydrogen-bond acceptors (Lipinski definition) is 4. The fourth-order valence-corrected chi connectivity index (χ4v) is 4.15. The molecule has 1 aromatic heterocycles. The lowest BCUT2D eigenvalue weighted by molar-refractivity contribution is -0.131. The second kappa shape index (κ2) is 9.25. The molecule has 0 aliphatic carbocycles. The zero-order valence-electron chi connectivity index (χ0n) is 16.3. The van der Waals surface area contributed by atoms with Crippen molar-refractivity contribution in [1.29, 1.82) is 0 Å². The number of piperazine rings is 1. The van der Waals surface area contributed by atoms with E-state index >= 15 is 0 Å². The van der Waals surface area contributed by atoms with Gasteiger partial charge in [-0.05, 0) is 25.0 Å². The second-order valence-electron chi connectivity index (χ2n) is 7.03. The third kappa shape index (κ3) is 4.19. The summed E-state index contributed by atoms with van der Waals surface area (Å²) in [5.41, 5.74) is 0.746. The van der Waals surface area contributed by atoms with Crippen LogP contribution in [0.4, 0.5) is 0 Å². The summed E-state index contributed by atoms with van der Waals surface area (Å²) in [5.74, 6) is 0.558. The van der Waals surface area contributed by atoms with E-state index in [-0.39, 0.29) is 17.5 Å². The molecule has 1 fully saturated rings. The van der Waals surface area contributed by atoms with Crippen LogP contribution >= 0.6 is 23.2 Å². The van der Waals surface area contributed by atoms with Crippen molar-refractivity contribution in [1.82, 2.24) is 19.4 Å². The highest BCUT2D eigenvalue weighted by molar-refractivity contribution is 6.53. The van der Waals surface area contributed by atoms with E-state index < -0.39 is 4.84 Å². The SMILES string of the molecule is CCCn1c(C(CC)N2CCN(C(=O)C(Cl)Cl)CC2)nc2ccccc2c1=O. The van der Waals surface area contributed by atoms with Crippen LogP contribution in [-0.2, 0) is 11.3 Å². The zero-order valence-corrected chi connectivity index (χ0v) is 17.8. The minimum atomic E-state index is -1.02. The molecule has 8 heteroatoms. The smallest absolute Gasteiger partial charge is 0.261 e. The van der Waals surface area contributed by atoms with Gasteiger partial charge in [0, 0.05) is 32.7 Å². The van der Waals surface area contributed by atoms with E-state index in [0.29, 0.717) is 38.1 Å². The molecule has 0 bridgehead atoms. The molecule has 2 heterocycles. The minimum absolute atomic E-state index is 0.0156. The van der Waals surface area contributed by atoms with E-state index in [0.717, 1.165) is 24.2 Å². The highest BCUT2D eigenvalue weighted by Gasteiger charge is 2.30. The molecule has 0 saturated carbocycles. The first-order chi connectivity index (χ1) is 13.5. The van der Waals surface area contributed by atoms with Crippen LogP contribution in [0.3, 0.4) is 0 Å². The molecular weight excluding hydrogens is 399 g/mol. The third-order valence-electron chi connectivity index (χ3n) is 5.28. The number of aromatic nitrogens is 2. The first kappa shape index (κ1) is 21.1. The van der Waals surface area contributed by atoms with Crippen molar-refractivity contribution in [2.24, 2.45) is 0 Å². The zero-order chi connectivity index (χ0) is 20.3.